The van der Waals surface area contributed by atoms with Crippen LogP contribution >= 0.6 is 11.3 Å². The lowest BCUT2D eigenvalue weighted by molar-refractivity contribution is -0.122. The molecule has 1 aromatic carbocycles. The minimum atomic E-state index is -0.354. The number of phenolic OH excluding ortho intramolecular Hbond substituents is 1. The molecule has 4 nitrogen and oxygen atoms in total. The van der Waals surface area contributed by atoms with Gasteiger partial charge in [0.2, 0.25) is 5.91 Å². The molecule has 2 N–H and O–H groups in total. The molecule has 0 bridgehead atoms. The number of thiophene rings is 1. The van der Waals surface area contributed by atoms with E-state index in [0.717, 1.165) is 23.1 Å². The van der Waals surface area contributed by atoms with Gasteiger partial charge in [-0.2, -0.15) is 0 Å². The number of nitrogens with one attached hydrogen (secondary N) is 1. The largest absolute Gasteiger partial charge is 0.505 e. The molecule has 27 heavy (non-hydrogen) atoms. The summed E-state index contributed by atoms with van der Waals surface area (Å²) in [7, 11) is 0. The molecule has 0 saturated heterocycles. The highest BCUT2D eigenvalue weighted by Gasteiger charge is 2.24. The zero-order valence-corrected chi connectivity index (χ0v) is 16.0. The highest BCUT2D eigenvalue weighted by Crippen LogP contribution is 2.36. The van der Waals surface area contributed by atoms with E-state index in [2.05, 4.69) is 10.3 Å². The molecule has 1 amide bonds. The van der Waals surface area contributed by atoms with Crippen molar-refractivity contribution >= 4 is 28.1 Å². The van der Waals surface area contributed by atoms with Crippen LogP contribution in [0.5, 0.6) is 5.75 Å². The van der Waals surface area contributed by atoms with Crippen molar-refractivity contribution in [2.45, 2.75) is 44.6 Å². The van der Waals surface area contributed by atoms with E-state index in [-0.39, 0.29) is 17.7 Å². The van der Waals surface area contributed by atoms with Crippen molar-refractivity contribution in [2.75, 3.05) is 0 Å². The first-order valence-corrected chi connectivity index (χ1v) is 10.5. The molecule has 1 aliphatic carbocycles. The van der Waals surface area contributed by atoms with E-state index in [1.54, 1.807) is 17.5 Å². The molecule has 2 heterocycles. The fraction of sp³-hybridized carbons (Fsp3) is 0.364. The number of phenols is 1. The van der Waals surface area contributed by atoms with Crippen LogP contribution in [0.2, 0.25) is 0 Å². The van der Waals surface area contributed by atoms with E-state index < -0.39 is 0 Å². The fourth-order valence-electron chi connectivity index (χ4n) is 4.01. The minimum Gasteiger partial charge on any atom is -0.505 e. The van der Waals surface area contributed by atoms with Gasteiger partial charge in [0.05, 0.1) is 6.04 Å². The summed E-state index contributed by atoms with van der Waals surface area (Å²) in [5.74, 6) is 0.680. The number of carbonyl (C=O) groups is 1. The van der Waals surface area contributed by atoms with Crippen molar-refractivity contribution in [2.24, 2.45) is 5.92 Å². The number of hydrogen-bond acceptors (Lipinski definition) is 4. The molecular weight excluding hydrogens is 356 g/mol. The van der Waals surface area contributed by atoms with E-state index >= 15 is 0 Å². The molecular formula is C22H24N2O2S. The van der Waals surface area contributed by atoms with E-state index in [1.165, 1.54) is 19.3 Å². The van der Waals surface area contributed by atoms with Gasteiger partial charge >= 0.3 is 0 Å². The van der Waals surface area contributed by atoms with Crippen LogP contribution in [0, 0.1) is 5.92 Å². The normalized spacial score (nSPS) is 16.3. The van der Waals surface area contributed by atoms with Gasteiger partial charge in [0.25, 0.3) is 0 Å². The highest BCUT2D eigenvalue weighted by molar-refractivity contribution is 7.10. The number of hydrogen-bond donors (Lipinski definition) is 2. The fourth-order valence-corrected chi connectivity index (χ4v) is 4.80. The van der Waals surface area contributed by atoms with Crippen LogP contribution in [-0.4, -0.2) is 16.0 Å². The van der Waals surface area contributed by atoms with Gasteiger partial charge in [-0.1, -0.05) is 43.5 Å². The van der Waals surface area contributed by atoms with Crippen LogP contribution in [0.4, 0.5) is 0 Å². The first-order valence-electron chi connectivity index (χ1n) is 9.62. The van der Waals surface area contributed by atoms with Crippen LogP contribution < -0.4 is 5.32 Å². The summed E-state index contributed by atoms with van der Waals surface area (Å²) in [4.78, 5) is 18.1. The van der Waals surface area contributed by atoms with Gasteiger partial charge in [-0.15, -0.1) is 11.3 Å². The van der Waals surface area contributed by atoms with Crippen molar-refractivity contribution in [1.29, 1.82) is 0 Å². The Morgan fingerprint density at radius 1 is 1.19 bits per heavy atom. The summed E-state index contributed by atoms with van der Waals surface area (Å²) in [5.41, 5.74) is 1.26. The average Bonchev–Trinajstić information content (AvgIpc) is 3.22. The Balaban J connectivity index is 1.62. The molecule has 3 aromatic rings. The van der Waals surface area contributed by atoms with Crippen molar-refractivity contribution in [3.05, 3.63) is 58.4 Å². The molecule has 5 heteroatoms. The Morgan fingerprint density at radius 3 is 2.81 bits per heavy atom. The third-order valence-corrected chi connectivity index (χ3v) is 6.36. The maximum atomic E-state index is 12.8. The Labute approximate surface area is 163 Å². The van der Waals surface area contributed by atoms with Crippen LogP contribution in [0.25, 0.3) is 10.9 Å². The van der Waals surface area contributed by atoms with Crippen LogP contribution in [0.1, 0.15) is 55.0 Å². The number of aromatic nitrogens is 1. The molecule has 1 unspecified atom stereocenters. The summed E-state index contributed by atoms with van der Waals surface area (Å²) in [5, 5.41) is 16.9. The maximum Gasteiger partial charge on any atom is 0.221 e. The van der Waals surface area contributed by atoms with Gasteiger partial charge in [-0.05, 0) is 36.3 Å². The second-order valence-corrected chi connectivity index (χ2v) is 8.28. The van der Waals surface area contributed by atoms with Crippen molar-refractivity contribution in [1.82, 2.24) is 10.3 Å². The third kappa shape index (κ3) is 3.98. The first kappa shape index (κ1) is 18.0. The standard InChI is InChI=1S/C22H24N2O2S/c25-19(14-15-6-2-1-3-7-15)24-21(18-9-5-13-27-18)17-11-10-16-8-4-12-23-20(16)22(17)26/h4-5,8-13,15,21,26H,1-3,6-7,14H2,(H,24,25). The van der Waals surface area contributed by atoms with E-state index in [4.69, 9.17) is 0 Å². The molecule has 140 valence electrons. The minimum absolute atomic E-state index is 0.0563. The van der Waals surface area contributed by atoms with E-state index in [9.17, 15) is 9.90 Å². The van der Waals surface area contributed by atoms with Crippen molar-refractivity contribution < 1.29 is 9.90 Å². The second-order valence-electron chi connectivity index (χ2n) is 7.30. The summed E-state index contributed by atoms with van der Waals surface area (Å²) in [6.45, 7) is 0. The number of carbonyl (C=O) groups excluding carboxylic acids is 1. The number of rotatable bonds is 5. The number of benzene rings is 1. The summed E-state index contributed by atoms with van der Waals surface area (Å²) >= 11 is 1.58. The Hall–Kier alpha value is -2.40. The molecule has 1 saturated carbocycles. The number of pyridine rings is 1. The van der Waals surface area contributed by atoms with Gasteiger partial charge in [-0.25, -0.2) is 0 Å². The smallest absolute Gasteiger partial charge is 0.221 e. The SMILES string of the molecule is O=C(CC1CCCCC1)NC(c1cccs1)c1ccc2cccnc2c1O. The zero-order valence-electron chi connectivity index (χ0n) is 15.2. The summed E-state index contributed by atoms with van der Waals surface area (Å²) < 4.78 is 0. The average molecular weight is 381 g/mol. The summed E-state index contributed by atoms with van der Waals surface area (Å²) in [6.07, 6.45) is 8.26. The number of fused-ring (bicyclic) bond motifs is 1. The maximum absolute atomic E-state index is 12.8. The van der Waals surface area contributed by atoms with Crippen molar-refractivity contribution in [3.8, 4) is 5.75 Å². The second kappa shape index (κ2) is 8.09. The number of amides is 1. The molecule has 1 atom stereocenters. The van der Waals surface area contributed by atoms with Crippen molar-refractivity contribution in [3.63, 3.8) is 0 Å². The Kier molecular flexibility index (Phi) is 5.39. The number of nitrogens with zero attached hydrogens (tertiary/aromatic N) is 1. The lowest BCUT2D eigenvalue weighted by atomic mass is 9.86. The lowest BCUT2D eigenvalue weighted by Gasteiger charge is -2.24. The van der Waals surface area contributed by atoms with Gasteiger partial charge in [0.15, 0.2) is 0 Å². The topological polar surface area (TPSA) is 62.2 Å². The van der Waals surface area contributed by atoms with E-state index in [1.807, 2.05) is 41.8 Å². The molecule has 1 aliphatic rings. The molecule has 2 aromatic heterocycles. The third-order valence-electron chi connectivity index (χ3n) is 5.42. The predicted molar refractivity (Wildman–Crippen MR) is 109 cm³/mol. The number of aromatic hydroxyl groups is 1. The molecule has 4 rings (SSSR count). The van der Waals surface area contributed by atoms with Gasteiger partial charge in [0.1, 0.15) is 11.3 Å². The van der Waals surface area contributed by atoms with Gasteiger partial charge < -0.3 is 10.4 Å². The Morgan fingerprint density at radius 2 is 2.04 bits per heavy atom. The van der Waals surface area contributed by atoms with Crippen LogP contribution in [-0.2, 0) is 4.79 Å². The Bertz CT molecular complexity index is 917. The highest BCUT2D eigenvalue weighted by atomic mass is 32.1. The lowest BCUT2D eigenvalue weighted by Crippen LogP contribution is -2.30. The molecule has 1 fully saturated rings. The molecule has 0 radical (unpaired) electrons. The molecule has 0 aliphatic heterocycles. The summed E-state index contributed by atoms with van der Waals surface area (Å²) in [6, 6.07) is 11.2. The van der Waals surface area contributed by atoms with Gasteiger partial charge in [-0.3, -0.25) is 9.78 Å². The first-order chi connectivity index (χ1) is 13.2. The zero-order chi connectivity index (χ0) is 18.6. The van der Waals surface area contributed by atoms with Gasteiger partial charge in [0, 0.05) is 28.4 Å². The van der Waals surface area contributed by atoms with Crippen LogP contribution in [0.15, 0.2) is 48.0 Å². The quantitative estimate of drug-likeness (QED) is 0.641. The van der Waals surface area contributed by atoms with E-state index in [0.29, 0.717) is 23.4 Å². The van der Waals surface area contributed by atoms with Crippen LogP contribution in [0.3, 0.4) is 0 Å². The molecule has 0 spiro atoms. The monoisotopic (exact) mass is 380 g/mol. The predicted octanol–water partition coefficient (Wildman–Crippen LogP) is 5.18.